The van der Waals surface area contributed by atoms with Crippen molar-refractivity contribution in [1.29, 1.82) is 0 Å². The second kappa shape index (κ2) is 5.14. The van der Waals surface area contributed by atoms with Gasteiger partial charge in [-0.2, -0.15) is 0 Å². The highest BCUT2D eigenvalue weighted by Gasteiger charge is 2.14. The summed E-state index contributed by atoms with van der Waals surface area (Å²) in [6.07, 6.45) is 1.62. The molecule has 2 rings (SSSR count). The van der Waals surface area contributed by atoms with Crippen LogP contribution in [0.15, 0.2) is 23.7 Å². The molecule has 1 unspecified atom stereocenters. The summed E-state index contributed by atoms with van der Waals surface area (Å²) < 4.78 is 0. The Morgan fingerprint density at radius 2 is 2.33 bits per heavy atom. The molecule has 2 heterocycles. The molecule has 0 aromatic carbocycles. The summed E-state index contributed by atoms with van der Waals surface area (Å²) in [6.45, 7) is 3.92. The van der Waals surface area contributed by atoms with Gasteiger partial charge in [-0.1, -0.05) is 0 Å². The Morgan fingerprint density at radius 1 is 1.56 bits per heavy atom. The van der Waals surface area contributed by atoms with Gasteiger partial charge in [0.1, 0.15) is 10.8 Å². The predicted molar refractivity (Wildman–Crippen MR) is 71.6 cm³/mol. The van der Waals surface area contributed by atoms with Gasteiger partial charge in [-0.05, 0) is 26.0 Å². The van der Waals surface area contributed by atoms with Crippen LogP contribution in [0.3, 0.4) is 0 Å². The third kappa shape index (κ3) is 2.65. The third-order valence-corrected chi connectivity index (χ3v) is 3.58. The van der Waals surface area contributed by atoms with Gasteiger partial charge in [0, 0.05) is 17.3 Å². The average molecular weight is 262 g/mol. The van der Waals surface area contributed by atoms with Crippen molar-refractivity contribution in [1.82, 2.24) is 9.97 Å². The fraction of sp³-hybridized carbons (Fsp3) is 0.250. The van der Waals surface area contributed by atoms with Crippen molar-refractivity contribution in [3.63, 3.8) is 0 Å². The molecule has 0 aliphatic carbocycles. The van der Waals surface area contributed by atoms with Gasteiger partial charge in [0.05, 0.1) is 11.6 Å². The monoisotopic (exact) mass is 262 g/mol. The van der Waals surface area contributed by atoms with Crippen LogP contribution in [0.4, 0.5) is 5.82 Å². The molecular formula is C12H14N4OS. The molecule has 0 bridgehead atoms. The van der Waals surface area contributed by atoms with Crippen molar-refractivity contribution < 1.29 is 4.79 Å². The zero-order valence-corrected chi connectivity index (χ0v) is 11.0. The Labute approximate surface area is 109 Å². The summed E-state index contributed by atoms with van der Waals surface area (Å²) in [7, 11) is 0. The maximum atomic E-state index is 11.3. The fourth-order valence-corrected chi connectivity index (χ4v) is 2.36. The lowest BCUT2D eigenvalue weighted by atomic mass is 10.2. The minimum absolute atomic E-state index is 0.0169. The maximum absolute atomic E-state index is 11.3. The molecule has 0 aliphatic rings. The van der Waals surface area contributed by atoms with Gasteiger partial charge in [0.2, 0.25) is 0 Å². The van der Waals surface area contributed by atoms with Crippen LogP contribution in [0.5, 0.6) is 0 Å². The highest BCUT2D eigenvalue weighted by atomic mass is 32.1. The first kappa shape index (κ1) is 12.5. The van der Waals surface area contributed by atoms with Crippen LogP contribution in [0.2, 0.25) is 0 Å². The van der Waals surface area contributed by atoms with Gasteiger partial charge in [0.25, 0.3) is 5.91 Å². The number of carbonyl (C=O) groups is 1. The second-order valence-corrected chi connectivity index (χ2v) is 4.85. The lowest BCUT2D eigenvalue weighted by Gasteiger charge is -2.13. The van der Waals surface area contributed by atoms with Crippen LogP contribution in [-0.4, -0.2) is 15.9 Å². The van der Waals surface area contributed by atoms with Crippen molar-refractivity contribution >= 4 is 23.1 Å². The number of anilines is 1. The molecule has 0 fully saturated rings. The molecule has 5 nitrogen and oxygen atoms in total. The molecule has 18 heavy (non-hydrogen) atoms. The zero-order chi connectivity index (χ0) is 13.1. The first-order valence-electron chi connectivity index (χ1n) is 5.51. The SMILES string of the molecule is Cc1csc(C(C)Nc2ncccc2C(N)=O)n1. The molecular weight excluding hydrogens is 248 g/mol. The van der Waals surface area contributed by atoms with Crippen LogP contribution < -0.4 is 11.1 Å². The number of thiazole rings is 1. The summed E-state index contributed by atoms with van der Waals surface area (Å²) in [5, 5.41) is 6.10. The summed E-state index contributed by atoms with van der Waals surface area (Å²) in [4.78, 5) is 19.8. The number of hydrogen-bond acceptors (Lipinski definition) is 5. The van der Waals surface area contributed by atoms with E-state index in [9.17, 15) is 4.79 Å². The standard InChI is InChI=1S/C12H14N4OS/c1-7-6-18-12(15-7)8(2)16-11-9(10(13)17)4-3-5-14-11/h3-6,8H,1-2H3,(H2,13,17)(H,14,16). The van der Waals surface area contributed by atoms with Gasteiger partial charge in [-0.3, -0.25) is 4.79 Å². The number of aryl methyl sites for hydroxylation is 1. The summed E-state index contributed by atoms with van der Waals surface area (Å²) >= 11 is 1.57. The van der Waals surface area contributed by atoms with E-state index in [2.05, 4.69) is 15.3 Å². The number of nitrogens with zero attached hydrogens (tertiary/aromatic N) is 2. The lowest BCUT2D eigenvalue weighted by Crippen LogP contribution is -2.17. The quantitative estimate of drug-likeness (QED) is 0.884. The van der Waals surface area contributed by atoms with Crippen LogP contribution in [0.1, 0.15) is 34.0 Å². The van der Waals surface area contributed by atoms with Crippen molar-refractivity contribution in [3.05, 3.63) is 40.0 Å². The number of rotatable bonds is 4. The van der Waals surface area contributed by atoms with E-state index in [1.807, 2.05) is 19.2 Å². The van der Waals surface area contributed by atoms with Crippen molar-refractivity contribution in [3.8, 4) is 0 Å². The van der Waals surface area contributed by atoms with Crippen molar-refractivity contribution in [2.75, 3.05) is 5.32 Å². The van der Waals surface area contributed by atoms with Crippen LogP contribution in [-0.2, 0) is 0 Å². The van der Waals surface area contributed by atoms with E-state index in [1.54, 1.807) is 29.7 Å². The molecule has 6 heteroatoms. The molecule has 1 amide bonds. The largest absolute Gasteiger partial charge is 0.365 e. The highest BCUT2D eigenvalue weighted by molar-refractivity contribution is 7.09. The number of carbonyl (C=O) groups excluding carboxylic acids is 1. The molecule has 0 saturated heterocycles. The Bertz CT molecular complexity index is 567. The number of primary amides is 1. The lowest BCUT2D eigenvalue weighted by molar-refractivity contribution is 0.100. The number of aromatic nitrogens is 2. The molecule has 0 saturated carbocycles. The van der Waals surface area contributed by atoms with Gasteiger partial charge >= 0.3 is 0 Å². The number of hydrogen-bond donors (Lipinski definition) is 2. The average Bonchev–Trinajstić information content (AvgIpc) is 2.76. The fourth-order valence-electron chi connectivity index (χ4n) is 1.56. The van der Waals surface area contributed by atoms with Crippen LogP contribution >= 0.6 is 11.3 Å². The normalized spacial score (nSPS) is 12.1. The molecule has 94 valence electrons. The molecule has 1 atom stereocenters. The number of amides is 1. The smallest absolute Gasteiger partial charge is 0.252 e. The second-order valence-electron chi connectivity index (χ2n) is 3.96. The molecule has 0 spiro atoms. The van der Waals surface area contributed by atoms with E-state index in [0.29, 0.717) is 11.4 Å². The molecule has 2 aromatic rings. The zero-order valence-electron chi connectivity index (χ0n) is 10.2. The third-order valence-electron chi connectivity index (χ3n) is 2.43. The molecule has 0 aliphatic heterocycles. The Hall–Kier alpha value is -1.95. The topological polar surface area (TPSA) is 80.9 Å². The van der Waals surface area contributed by atoms with Gasteiger partial charge < -0.3 is 11.1 Å². The highest BCUT2D eigenvalue weighted by Crippen LogP contribution is 2.22. The number of nitrogens with one attached hydrogen (secondary N) is 1. The summed E-state index contributed by atoms with van der Waals surface area (Å²) in [5.41, 5.74) is 6.67. The van der Waals surface area contributed by atoms with Gasteiger partial charge in [-0.15, -0.1) is 11.3 Å². The van der Waals surface area contributed by atoms with E-state index in [1.165, 1.54) is 0 Å². The first-order valence-corrected chi connectivity index (χ1v) is 6.39. The van der Waals surface area contributed by atoms with Crippen molar-refractivity contribution in [2.24, 2.45) is 5.73 Å². The summed E-state index contributed by atoms with van der Waals surface area (Å²) in [6, 6.07) is 3.32. The number of nitrogens with two attached hydrogens (primary N) is 1. The first-order chi connectivity index (χ1) is 8.58. The van der Waals surface area contributed by atoms with Gasteiger partial charge in [0.15, 0.2) is 0 Å². The maximum Gasteiger partial charge on any atom is 0.252 e. The van der Waals surface area contributed by atoms with E-state index < -0.39 is 5.91 Å². The Balaban J connectivity index is 2.21. The van der Waals surface area contributed by atoms with Crippen LogP contribution in [0.25, 0.3) is 0 Å². The van der Waals surface area contributed by atoms with Crippen molar-refractivity contribution in [2.45, 2.75) is 19.9 Å². The number of pyridine rings is 1. The van der Waals surface area contributed by atoms with E-state index >= 15 is 0 Å². The van der Waals surface area contributed by atoms with E-state index in [-0.39, 0.29) is 6.04 Å². The molecule has 2 aromatic heterocycles. The predicted octanol–water partition coefficient (Wildman–Crippen LogP) is 2.12. The summed E-state index contributed by atoms with van der Waals surface area (Å²) in [5.74, 6) is -0.00141. The van der Waals surface area contributed by atoms with Crippen LogP contribution in [0, 0.1) is 6.92 Å². The van der Waals surface area contributed by atoms with Gasteiger partial charge in [-0.25, -0.2) is 9.97 Å². The van der Waals surface area contributed by atoms with E-state index in [0.717, 1.165) is 10.7 Å². The molecule has 3 N–H and O–H groups in total. The Kier molecular flexibility index (Phi) is 3.57. The molecule has 0 radical (unpaired) electrons. The Morgan fingerprint density at radius 3 is 2.94 bits per heavy atom. The van der Waals surface area contributed by atoms with E-state index in [4.69, 9.17) is 5.73 Å². The minimum Gasteiger partial charge on any atom is -0.365 e. The minimum atomic E-state index is -0.492.